The molecule has 6 heteroatoms. The van der Waals surface area contributed by atoms with Crippen LogP contribution in [0.15, 0.2) is 40.8 Å². The zero-order valence-corrected chi connectivity index (χ0v) is 15.5. The highest BCUT2D eigenvalue weighted by Gasteiger charge is 2.15. The zero-order chi connectivity index (χ0) is 17.3. The van der Waals surface area contributed by atoms with E-state index in [4.69, 9.17) is 4.74 Å². The van der Waals surface area contributed by atoms with Crippen molar-refractivity contribution in [3.8, 4) is 5.88 Å². The number of guanidine groups is 1. The van der Waals surface area contributed by atoms with Gasteiger partial charge in [-0.25, -0.2) is 4.98 Å². The molecule has 2 aromatic rings. The van der Waals surface area contributed by atoms with Crippen molar-refractivity contribution in [3.63, 3.8) is 0 Å². The highest BCUT2D eigenvalue weighted by molar-refractivity contribution is 7.09. The van der Waals surface area contributed by atoms with Gasteiger partial charge in [0.25, 0.3) is 0 Å². The second kappa shape index (κ2) is 9.42. The highest BCUT2D eigenvalue weighted by atomic mass is 32.1. The third kappa shape index (κ3) is 5.74. The Balaban J connectivity index is 1.44. The van der Waals surface area contributed by atoms with Crippen LogP contribution in [-0.2, 0) is 13.1 Å². The molecule has 1 saturated carbocycles. The van der Waals surface area contributed by atoms with Gasteiger partial charge < -0.3 is 15.4 Å². The molecule has 0 saturated heterocycles. The fourth-order valence-corrected chi connectivity index (χ4v) is 3.57. The van der Waals surface area contributed by atoms with E-state index in [0.29, 0.717) is 12.6 Å². The SMILES string of the molecule is CN=C(NCc1ccc(OC2CCCCC2)nc1)NCc1cccs1. The number of aliphatic imine (C=N–C) groups is 1. The summed E-state index contributed by atoms with van der Waals surface area (Å²) < 4.78 is 5.97. The Labute approximate surface area is 153 Å². The quantitative estimate of drug-likeness (QED) is 0.610. The Kier molecular flexibility index (Phi) is 6.68. The summed E-state index contributed by atoms with van der Waals surface area (Å²) in [4.78, 5) is 9.98. The summed E-state index contributed by atoms with van der Waals surface area (Å²) in [5, 5.41) is 8.70. The van der Waals surface area contributed by atoms with Crippen molar-refractivity contribution < 1.29 is 4.74 Å². The largest absolute Gasteiger partial charge is 0.474 e. The molecule has 0 unspecified atom stereocenters. The van der Waals surface area contributed by atoms with Gasteiger partial charge in [0.05, 0.1) is 6.54 Å². The molecule has 1 fully saturated rings. The number of pyridine rings is 1. The highest BCUT2D eigenvalue weighted by Crippen LogP contribution is 2.22. The fraction of sp³-hybridized carbons (Fsp3) is 0.474. The second-order valence-corrected chi connectivity index (χ2v) is 7.27. The van der Waals surface area contributed by atoms with Gasteiger partial charge in [-0.15, -0.1) is 11.3 Å². The maximum atomic E-state index is 5.97. The van der Waals surface area contributed by atoms with E-state index in [0.717, 1.165) is 36.8 Å². The molecule has 0 spiro atoms. The van der Waals surface area contributed by atoms with E-state index in [9.17, 15) is 0 Å². The molecule has 3 rings (SSSR count). The third-order valence-corrected chi connectivity index (χ3v) is 5.21. The zero-order valence-electron chi connectivity index (χ0n) is 14.7. The molecule has 5 nitrogen and oxygen atoms in total. The molecule has 0 aromatic carbocycles. The van der Waals surface area contributed by atoms with Gasteiger partial charge in [0.2, 0.25) is 5.88 Å². The van der Waals surface area contributed by atoms with Gasteiger partial charge in [-0.2, -0.15) is 0 Å². The number of nitrogens with one attached hydrogen (secondary N) is 2. The van der Waals surface area contributed by atoms with Gasteiger partial charge in [-0.05, 0) is 42.7 Å². The Morgan fingerprint density at radius 3 is 2.72 bits per heavy atom. The Hall–Kier alpha value is -2.08. The van der Waals surface area contributed by atoms with Crippen LogP contribution in [0.3, 0.4) is 0 Å². The van der Waals surface area contributed by atoms with Crippen LogP contribution in [0.25, 0.3) is 0 Å². The van der Waals surface area contributed by atoms with Crippen LogP contribution < -0.4 is 15.4 Å². The first-order chi connectivity index (χ1) is 12.3. The van der Waals surface area contributed by atoms with E-state index in [1.807, 2.05) is 12.3 Å². The topological polar surface area (TPSA) is 58.5 Å². The number of nitrogens with zero attached hydrogens (tertiary/aromatic N) is 2. The van der Waals surface area contributed by atoms with Gasteiger partial charge in [0.15, 0.2) is 5.96 Å². The first kappa shape index (κ1) is 17.7. The lowest BCUT2D eigenvalue weighted by atomic mass is 9.98. The summed E-state index contributed by atoms with van der Waals surface area (Å²) in [6, 6.07) is 8.19. The van der Waals surface area contributed by atoms with Crippen molar-refractivity contribution in [2.45, 2.75) is 51.3 Å². The first-order valence-electron chi connectivity index (χ1n) is 8.92. The smallest absolute Gasteiger partial charge is 0.213 e. The van der Waals surface area contributed by atoms with Crippen LogP contribution in [0.1, 0.15) is 42.5 Å². The minimum absolute atomic E-state index is 0.338. The number of hydrogen-bond donors (Lipinski definition) is 2. The van der Waals surface area contributed by atoms with Crippen molar-refractivity contribution in [2.24, 2.45) is 4.99 Å². The average molecular weight is 359 g/mol. The lowest BCUT2D eigenvalue weighted by Crippen LogP contribution is -2.36. The van der Waals surface area contributed by atoms with Crippen molar-refractivity contribution >= 4 is 17.3 Å². The van der Waals surface area contributed by atoms with Crippen LogP contribution >= 0.6 is 11.3 Å². The van der Waals surface area contributed by atoms with Gasteiger partial charge in [0.1, 0.15) is 6.10 Å². The molecule has 0 amide bonds. The first-order valence-corrected chi connectivity index (χ1v) is 9.80. The molecule has 2 aromatic heterocycles. The van der Waals surface area contributed by atoms with E-state index in [1.165, 1.54) is 24.1 Å². The predicted molar refractivity (Wildman–Crippen MR) is 103 cm³/mol. The summed E-state index contributed by atoms with van der Waals surface area (Å²) in [5.74, 6) is 1.52. The fourth-order valence-electron chi connectivity index (χ4n) is 2.93. The van der Waals surface area contributed by atoms with E-state index >= 15 is 0 Å². The van der Waals surface area contributed by atoms with Gasteiger partial charge >= 0.3 is 0 Å². The number of thiophene rings is 1. The Morgan fingerprint density at radius 2 is 2.04 bits per heavy atom. The van der Waals surface area contributed by atoms with Crippen molar-refractivity contribution in [2.75, 3.05) is 7.05 Å². The molecular formula is C19H26N4OS. The van der Waals surface area contributed by atoms with Gasteiger partial charge in [-0.3, -0.25) is 4.99 Å². The maximum absolute atomic E-state index is 5.97. The van der Waals surface area contributed by atoms with Crippen LogP contribution in [0.2, 0.25) is 0 Å². The summed E-state index contributed by atoms with van der Waals surface area (Å²) in [6.07, 6.45) is 8.38. The third-order valence-electron chi connectivity index (χ3n) is 4.33. The van der Waals surface area contributed by atoms with Crippen LogP contribution in [0, 0.1) is 0 Å². The minimum atomic E-state index is 0.338. The molecule has 25 heavy (non-hydrogen) atoms. The summed E-state index contributed by atoms with van der Waals surface area (Å²) >= 11 is 1.74. The monoisotopic (exact) mass is 358 g/mol. The van der Waals surface area contributed by atoms with Crippen LogP contribution in [-0.4, -0.2) is 24.1 Å². The number of rotatable bonds is 6. The Morgan fingerprint density at radius 1 is 1.20 bits per heavy atom. The molecule has 0 radical (unpaired) electrons. The Bertz CT molecular complexity index is 649. The average Bonchev–Trinajstić information content (AvgIpc) is 3.18. The molecule has 1 aliphatic rings. The molecule has 0 aliphatic heterocycles. The molecule has 2 N–H and O–H groups in total. The van der Waals surface area contributed by atoms with E-state index in [-0.39, 0.29) is 0 Å². The number of aromatic nitrogens is 1. The standard InChI is InChI=1S/C19H26N4OS/c1-20-19(23-14-17-8-5-11-25-17)22-13-15-9-10-18(21-12-15)24-16-6-3-2-4-7-16/h5,8-12,16H,2-4,6-7,13-14H2,1H3,(H2,20,22,23). The van der Waals surface area contributed by atoms with Crippen molar-refractivity contribution in [1.82, 2.24) is 15.6 Å². The molecular weight excluding hydrogens is 332 g/mol. The maximum Gasteiger partial charge on any atom is 0.213 e. The van der Waals surface area contributed by atoms with E-state index in [2.05, 4.69) is 44.2 Å². The van der Waals surface area contributed by atoms with Crippen molar-refractivity contribution in [1.29, 1.82) is 0 Å². The van der Waals surface area contributed by atoms with Crippen LogP contribution in [0.5, 0.6) is 5.88 Å². The van der Waals surface area contributed by atoms with Crippen LogP contribution in [0.4, 0.5) is 0 Å². The summed E-state index contributed by atoms with van der Waals surface area (Å²) in [6.45, 7) is 1.46. The summed E-state index contributed by atoms with van der Waals surface area (Å²) in [7, 11) is 1.78. The normalized spacial score (nSPS) is 15.8. The molecule has 134 valence electrons. The number of ether oxygens (including phenoxy) is 1. The van der Waals surface area contributed by atoms with E-state index < -0.39 is 0 Å². The van der Waals surface area contributed by atoms with Gasteiger partial charge in [0, 0.05) is 30.7 Å². The van der Waals surface area contributed by atoms with Crippen molar-refractivity contribution in [3.05, 3.63) is 46.3 Å². The second-order valence-electron chi connectivity index (χ2n) is 6.24. The lowest BCUT2D eigenvalue weighted by Gasteiger charge is -2.22. The minimum Gasteiger partial charge on any atom is -0.474 e. The predicted octanol–water partition coefficient (Wildman–Crippen LogP) is 3.72. The van der Waals surface area contributed by atoms with Gasteiger partial charge in [-0.1, -0.05) is 18.6 Å². The molecule has 0 atom stereocenters. The lowest BCUT2D eigenvalue weighted by molar-refractivity contribution is 0.148. The van der Waals surface area contributed by atoms with E-state index in [1.54, 1.807) is 18.4 Å². The summed E-state index contributed by atoms with van der Waals surface area (Å²) in [5.41, 5.74) is 1.11. The number of hydrogen-bond acceptors (Lipinski definition) is 4. The molecule has 2 heterocycles. The molecule has 1 aliphatic carbocycles. The molecule has 0 bridgehead atoms.